The van der Waals surface area contributed by atoms with Gasteiger partial charge < -0.3 is 24.6 Å². The van der Waals surface area contributed by atoms with Crippen LogP contribution in [0.25, 0.3) is 0 Å². The van der Waals surface area contributed by atoms with Gasteiger partial charge in [0.1, 0.15) is 5.75 Å². The number of methoxy groups -OCH3 is 3. The Morgan fingerprint density at radius 1 is 1.14 bits per heavy atom. The predicted octanol–water partition coefficient (Wildman–Crippen LogP) is 1.21. The van der Waals surface area contributed by atoms with Crippen LogP contribution in [0.15, 0.2) is 12.1 Å². The summed E-state index contributed by atoms with van der Waals surface area (Å²) >= 11 is 0. The molecule has 6 nitrogen and oxygen atoms in total. The molecule has 0 unspecified atom stereocenters. The predicted molar refractivity (Wildman–Crippen MR) is 77.2 cm³/mol. The van der Waals surface area contributed by atoms with Gasteiger partial charge in [-0.05, 0) is 12.8 Å². The molecule has 0 heterocycles. The lowest BCUT2D eigenvalue weighted by molar-refractivity contribution is 0.0931. The van der Waals surface area contributed by atoms with Crippen LogP contribution < -0.4 is 19.5 Å². The Morgan fingerprint density at radius 2 is 1.71 bits per heavy atom. The number of ether oxygens (including phenoxy) is 3. The second-order valence-electron chi connectivity index (χ2n) is 5.25. The second kappa shape index (κ2) is 6.22. The largest absolute Gasteiger partial charge is 0.496 e. The minimum absolute atomic E-state index is 0.0936. The van der Waals surface area contributed by atoms with Crippen molar-refractivity contribution >= 4 is 5.91 Å². The molecule has 1 saturated carbocycles. The van der Waals surface area contributed by atoms with E-state index >= 15 is 0 Å². The van der Waals surface area contributed by atoms with E-state index in [1.807, 2.05) is 0 Å². The fraction of sp³-hybridized carbons (Fsp3) is 0.533. The van der Waals surface area contributed by atoms with Gasteiger partial charge >= 0.3 is 0 Å². The summed E-state index contributed by atoms with van der Waals surface area (Å²) in [4.78, 5) is 12.3. The maximum absolute atomic E-state index is 12.3. The number of aliphatic hydroxyl groups excluding tert-OH is 1. The van der Waals surface area contributed by atoms with Crippen LogP contribution in [0.5, 0.6) is 17.2 Å². The summed E-state index contributed by atoms with van der Waals surface area (Å²) in [5.74, 6) is 1.12. The van der Waals surface area contributed by atoms with Crippen LogP contribution in [0.4, 0.5) is 0 Å². The van der Waals surface area contributed by atoms with Crippen LogP contribution in [0.1, 0.15) is 23.2 Å². The van der Waals surface area contributed by atoms with Crippen molar-refractivity contribution in [3.8, 4) is 17.2 Å². The molecule has 0 aliphatic heterocycles. The molecule has 0 atom stereocenters. The average Bonchev–Trinajstić information content (AvgIpc) is 3.31. The second-order valence-corrected chi connectivity index (χ2v) is 5.25. The normalized spacial score (nSPS) is 15.2. The Bertz CT molecular complexity index is 525. The van der Waals surface area contributed by atoms with Crippen molar-refractivity contribution in [1.82, 2.24) is 5.32 Å². The minimum atomic E-state index is -0.257. The van der Waals surface area contributed by atoms with Crippen molar-refractivity contribution in [2.45, 2.75) is 12.8 Å². The number of carbonyl (C=O) groups is 1. The first kappa shape index (κ1) is 15.4. The van der Waals surface area contributed by atoms with E-state index in [9.17, 15) is 9.90 Å². The molecular formula is C15H21NO5. The molecule has 1 aromatic carbocycles. The van der Waals surface area contributed by atoms with Crippen molar-refractivity contribution in [3.05, 3.63) is 17.7 Å². The zero-order valence-corrected chi connectivity index (χ0v) is 12.6. The van der Waals surface area contributed by atoms with Gasteiger partial charge in [-0.3, -0.25) is 4.79 Å². The van der Waals surface area contributed by atoms with Crippen LogP contribution >= 0.6 is 0 Å². The van der Waals surface area contributed by atoms with Gasteiger partial charge in [-0.15, -0.1) is 0 Å². The van der Waals surface area contributed by atoms with Crippen molar-refractivity contribution in [2.24, 2.45) is 5.41 Å². The number of hydrogen-bond donors (Lipinski definition) is 2. The lowest BCUT2D eigenvalue weighted by Gasteiger charge is -2.16. The summed E-state index contributed by atoms with van der Waals surface area (Å²) in [7, 11) is 4.53. The first-order valence-corrected chi connectivity index (χ1v) is 6.78. The number of benzene rings is 1. The molecular weight excluding hydrogens is 274 g/mol. The minimum Gasteiger partial charge on any atom is -0.496 e. The van der Waals surface area contributed by atoms with E-state index in [0.717, 1.165) is 12.8 Å². The average molecular weight is 295 g/mol. The Kier molecular flexibility index (Phi) is 4.57. The summed E-state index contributed by atoms with van der Waals surface area (Å²) < 4.78 is 15.6. The summed E-state index contributed by atoms with van der Waals surface area (Å²) in [6.07, 6.45) is 1.87. The Hall–Kier alpha value is -1.95. The van der Waals surface area contributed by atoms with Gasteiger partial charge in [-0.1, -0.05) is 0 Å². The van der Waals surface area contributed by atoms with Crippen LogP contribution in [-0.2, 0) is 0 Å². The van der Waals surface area contributed by atoms with Crippen LogP contribution in [0, 0.1) is 5.41 Å². The highest BCUT2D eigenvalue weighted by Crippen LogP contribution is 2.44. The van der Waals surface area contributed by atoms with E-state index in [4.69, 9.17) is 14.2 Å². The van der Waals surface area contributed by atoms with Gasteiger partial charge in [0.15, 0.2) is 11.5 Å². The number of hydrogen-bond acceptors (Lipinski definition) is 5. The maximum atomic E-state index is 12.3. The lowest BCUT2D eigenvalue weighted by atomic mass is 10.1. The zero-order valence-electron chi connectivity index (χ0n) is 12.6. The summed E-state index contributed by atoms with van der Waals surface area (Å²) in [6.45, 7) is 0.552. The Balaban J connectivity index is 2.18. The molecule has 1 aliphatic rings. The van der Waals surface area contributed by atoms with Crippen LogP contribution in [-0.4, -0.2) is 45.5 Å². The van der Waals surface area contributed by atoms with Gasteiger partial charge in [0, 0.05) is 24.1 Å². The van der Waals surface area contributed by atoms with Gasteiger partial charge in [0.05, 0.1) is 33.5 Å². The van der Waals surface area contributed by atoms with E-state index in [0.29, 0.717) is 29.4 Å². The van der Waals surface area contributed by atoms with Crippen molar-refractivity contribution in [1.29, 1.82) is 0 Å². The molecule has 21 heavy (non-hydrogen) atoms. The molecule has 2 rings (SSSR count). The fourth-order valence-electron chi connectivity index (χ4n) is 2.14. The van der Waals surface area contributed by atoms with E-state index in [2.05, 4.69) is 5.32 Å². The third-order valence-electron chi connectivity index (χ3n) is 3.87. The number of carbonyl (C=O) groups excluding carboxylic acids is 1. The van der Waals surface area contributed by atoms with Crippen molar-refractivity contribution in [3.63, 3.8) is 0 Å². The highest BCUT2D eigenvalue weighted by Gasteiger charge is 2.42. The zero-order chi connectivity index (χ0) is 15.5. The van der Waals surface area contributed by atoms with E-state index in [-0.39, 0.29) is 17.9 Å². The summed E-state index contributed by atoms with van der Waals surface area (Å²) in [6, 6.07) is 3.21. The number of rotatable bonds is 7. The highest BCUT2D eigenvalue weighted by atomic mass is 16.5. The molecule has 1 amide bonds. The van der Waals surface area contributed by atoms with E-state index in [1.54, 1.807) is 12.1 Å². The van der Waals surface area contributed by atoms with Crippen LogP contribution in [0.3, 0.4) is 0 Å². The summed E-state index contributed by atoms with van der Waals surface area (Å²) in [5, 5.41) is 12.1. The molecule has 0 saturated heterocycles. The number of aliphatic hydroxyl groups is 1. The third-order valence-corrected chi connectivity index (χ3v) is 3.87. The topological polar surface area (TPSA) is 77.0 Å². The van der Waals surface area contributed by atoms with Crippen molar-refractivity contribution < 1.29 is 24.1 Å². The standard InChI is InChI=1S/C15H21NO5/c1-19-11-7-13(21-3)12(20-2)6-10(11)14(18)16-8-15(9-17)4-5-15/h6-7,17H,4-5,8-9H2,1-3H3,(H,16,18). The molecule has 0 radical (unpaired) electrons. The smallest absolute Gasteiger partial charge is 0.255 e. The molecule has 0 spiro atoms. The molecule has 0 bridgehead atoms. The number of amides is 1. The number of nitrogens with one attached hydrogen (secondary N) is 1. The Morgan fingerprint density at radius 3 is 2.19 bits per heavy atom. The van der Waals surface area contributed by atoms with E-state index < -0.39 is 0 Å². The molecule has 6 heteroatoms. The lowest BCUT2D eigenvalue weighted by Crippen LogP contribution is -2.32. The van der Waals surface area contributed by atoms with Crippen molar-refractivity contribution in [2.75, 3.05) is 34.5 Å². The molecule has 116 valence electrons. The molecule has 1 fully saturated rings. The first-order valence-electron chi connectivity index (χ1n) is 6.78. The monoisotopic (exact) mass is 295 g/mol. The Labute approximate surface area is 124 Å². The van der Waals surface area contributed by atoms with Crippen LogP contribution in [0.2, 0.25) is 0 Å². The van der Waals surface area contributed by atoms with Gasteiger partial charge in [-0.25, -0.2) is 0 Å². The highest BCUT2D eigenvalue weighted by molar-refractivity contribution is 5.97. The molecule has 2 N–H and O–H groups in total. The van der Waals surface area contributed by atoms with Gasteiger partial charge in [0.2, 0.25) is 0 Å². The SMILES string of the molecule is COc1cc(OC)c(C(=O)NCC2(CO)CC2)cc1OC. The molecule has 1 aromatic rings. The fourth-order valence-corrected chi connectivity index (χ4v) is 2.14. The van der Waals surface area contributed by atoms with E-state index in [1.165, 1.54) is 21.3 Å². The first-order chi connectivity index (χ1) is 10.1. The van der Waals surface area contributed by atoms with Gasteiger partial charge in [0.25, 0.3) is 5.91 Å². The quantitative estimate of drug-likeness (QED) is 0.791. The third kappa shape index (κ3) is 3.21. The van der Waals surface area contributed by atoms with Gasteiger partial charge in [-0.2, -0.15) is 0 Å². The molecule has 1 aliphatic carbocycles. The molecule has 0 aromatic heterocycles. The summed E-state index contributed by atoms with van der Waals surface area (Å²) in [5.41, 5.74) is 0.239. The maximum Gasteiger partial charge on any atom is 0.255 e.